The molecule has 0 aliphatic carbocycles. The molecule has 1 unspecified atom stereocenters. The van der Waals surface area contributed by atoms with Crippen LogP contribution in [0.4, 0.5) is 0 Å². The summed E-state index contributed by atoms with van der Waals surface area (Å²) >= 11 is 0. The highest BCUT2D eigenvalue weighted by molar-refractivity contribution is 5.94. The summed E-state index contributed by atoms with van der Waals surface area (Å²) in [5.74, 6) is -1.18. The number of benzene rings is 1. The highest BCUT2D eigenvalue weighted by Gasteiger charge is 2.31. The Bertz CT molecular complexity index is 456. The maximum absolute atomic E-state index is 11.9. The fourth-order valence-corrected chi connectivity index (χ4v) is 1.52. The van der Waals surface area contributed by atoms with Crippen LogP contribution in [0.1, 0.15) is 36.2 Å². The van der Waals surface area contributed by atoms with Crippen molar-refractivity contribution in [3.63, 3.8) is 0 Å². The molecule has 0 heterocycles. The van der Waals surface area contributed by atoms with Gasteiger partial charge in [0.2, 0.25) is 0 Å². The third kappa shape index (κ3) is 3.79. The standard InChI is InChI=1S/C14H20N2O3/c1-3-14(2,13(18)19)9-16-12(17)11-6-4-10(8-15)5-7-11/h4-7H,3,8-9,15H2,1-2H3,(H,16,17)(H,18,19). The first kappa shape index (κ1) is 15.2. The molecule has 0 saturated carbocycles. The van der Waals surface area contributed by atoms with Crippen LogP contribution in [0.25, 0.3) is 0 Å². The number of rotatable bonds is 6. The molecule has 5 heteroatoms. The molecule has 1 aromatic rings. The van der Waals surface area contributed by atoms with Crippen molar-refractivity contribution < 1.29 is 14.7 Å². The van der Waals surface area contributed by atoms with Gasteiger partial charge in [-0.15, -0.1) is 0 Å². The lowest BCUT2D eigenvalue weighted by molar-refractivity contribution is -0.147. The summed E-state index contributed by atoms with van der Waals surface area (Å²) in [6, 6.07) is 6.93. The van der Waals surface area contributed by atoms with Gasteiger partial charge in [0.1, 0.15) is 0 Å². The van der Waals surface area contributed by atoms with E-state index in [-0.39, 0.29) is 12.5 Å². The van der Waals surface area contributed by atoms with Crippen LogP contribution in [0.15, 0.2) is 24.3 Å². The van der Waals surface area contributed by atoms with E-state index in [0.717, 1.165) is 5.56 Å². The second-order valence-electron chi connectivity index (χ2n) is 4.80. The molecular weight excluding hydrogens is 244 g/mol. The summed E-state index contributed by atoms with van der Waals surface area (Å²) in [6.07, 6.45) is 0.453. The third-order valence-corrected chi connectivity index (χ3v) is 3.39. The summed E-state index contributed by atoms with van der Waals surface area (Å²) in [5, 5.41) is 11.8. The number of carboxylic acids is 1. The van der Waals surface area contributed by atoms with Crippen molar-refractivity contribution in [3.05, 3.63) is 35.4 Å². The predicted molar refractivity (Wildman–Crippen MR) is 72.7 cm³/mol. The number of nitrogens with two attached hydrogens (primary N) is 1. The van der Waals surface area contributed by atoms with E-state index in [9.17, 15) is 9.59 Å². The van der Waals surface area contributed by atoms with E-state index in [1.165, 1.54) is 0 Å². The lowest BCUT2D eigenvalue weighted by Gasteiger charge is -2.23. The highest BCUT2D eigenvalue weighted by Crippen LogP contribution is 2.20. The maximum Gasteiger partial charge on any atom is 0.311 e. The highest BCUT2D eigenvalue weighted by atomic mass is 16.4. The Morgan fingerprint density at radius 1 is 1.32 bits per heavy atom. The van der Waals surface area contributed by atoms with Crippen LogP contribution in [-0.2, 0) is 11.3 Å². The average Bonchev–Trinajstić information content (AvgIpc) is 2.44. The molecule has 104 valence electrons. The second-order valence-corrected chi connectivity index (χ2v) is 4.80. The fourth-order valence-electron chi connectivity index (χ4n) is 1.52. The molecule has 0 saturated heterocycles. The van der Waals surface area contributed by atoms with Crippen LogP contribution >= 0.6 is 0 Å². The zero-order valence-corrected chi connectivity index (χ0v) is 11.3. The minimum Gasteiger partial charge on any atom is -0.481 e. The molecule has 0 fully saturated rings. The van der Waals surface area contributed by atoms with Crippen LogP contribution < -0.4 is 11.1 Å². The Kier molecular flexibility index (Phi) is 5.06. The quantitative estimate of drug-likeness (QED) is 0.723. The van der Waals surface area contributed by atoms with Gasteiger partial charge in [0.25, 0.3) is 5.91 Å². The van der Waals surface area contributed by atoms with Crippen LogP contribution in [0.2, 0.25) is 0 Å². The largest absolute Gasteiger partial charge is 0.481 e. The molecule has 4 N–H and O–H groups in total. The Balaban J connectivity index is 2.66. The molecule has 0 aliphatic rings. The Labute approximate surface area is 112 Å². The number of nitrogens with one attached hydrogen (secondary N) is 1. The van der Waals surface area contributed by atoms with E-state index in [2.05, 4.69) is 5.32 Å². The van der Waals surface area contributed by atoms with Crippen molar-refractivity contribution in [1.82, 2.24) is 5.32 Å². The van der Waals surface area contributed by atoms with Crippen molar-refractivity contribution >= 4 is 11.9 Å². The van der Waals surface area contributed by atoms with E-state index in [4.69, 9.17) is 10.8 Å². The zero-order valence-electron chi connectivity index (χ0n) is 11.3. The van der Waals surface area contributed by atoms with Gasteiger partial charge in [-0.25, -0.2) is 0 Å². The molecule has 1 aromatic carbocycles. The Morgan fingerprint density at radius 2 is 1.89 bits per heavy atom. The number of amides is 1. The number of aliphatic carboxylic acids is 1. The number of carbonyl (C=O) groups excluding carboxylic acids is 1. The van der Waals surface area contributed by atoms with Crippen LogP contribution in [0, 0.1) is 5.41 Å². The summed E-state index contributed by atoms with van der Waals surface area (Å²) in [6.45, 7) is 3.94. The molecule has 0 aliphatic heterocycles. The minimum atomic E-state index is -0.938. The Hall–Kier alpha value is -1.88. The summed E-state index contributed by atoms with van der Waals surface area (Å²) in [5.41, 5.74) is 5.99. The van der Waals surface area contributed by atoms with Gasteiger partial charge in [0, 0.05) is 18.7 Å². The monoisotopic (exact) mass is 264 g/mol. The van der Waals surface area contributed by atoms with Crippen molar-refractivity contribution in [1.29, 1.82) is 0 Å². The molecule has 5 nitrogen and oxygen atoms in total. The van der Waals surface area contributed by atoms with E-state index < -0.39 is 11.4 Å². The van der Waals surface area contributed by atoms with E-state index >= 15 is 0 Å². The number of hydrogen-bond donors (Lipinski definition) is 3. The molecule has 19 heavy (non-hydrogen) atoms. The lowest BCUT2D eigenvalue weighted by atomic mass is 9.87. The number of hydrogen-bond acceptors (Lipinski definition) is 3. The molecule has 0 aromatic heterocycles. The molecule has 0 bridgehead atoms. The maximum atomic E-state index is 11.9. The van der Waals surface area contributed by atoms with Crippen LogP contribution in [0.5, 0.6) is 0 Å². The van der Waals surface area contributed by atoms with Crippen LogP contribution in [0.3, 0.4) is 0 Å². The fraction of sp³-hybridized carbons (Fsp3) is 0.429. The molecular formula is C14H20N2O3. The predicted octanol–water partition coefficient (Wildman–Crippen LogP) is 1.38. The second kappa shape index (κ2) is 6.33. The van der Waals surface area contributed by atoms with Gasteiger partial charge >= 0.3 is 5.97 Å². The van der Waals surface area contributed by atoms with Crippen molar-refractivity contribution in [2.45, 2.75) is 26.8 Å². The van der Waals surface area contributed by atoms with Gasteiger partial charge in [-0.1, -0.05) is 19.1 Å². The lowest BCUT2D eigenvalue weighted by Crippen LogP contribution is -2.40. The molecule has 0 spiro atoms. The van der Waals surface area contributed by atoms with Gasteiger partial charge < -0.3 is 16.2 Å². The third-order valence-electron chi connectivity index (χ3n) is 3.39. The number of carbonyl (C=O) groups is 2. The van der Waals surface area contributed by atoms with Gasteiger partial charge in [-0.05, 0) is 31.0 Å². The summed E-state index contributed by atoms with van der Waals surface area (Å²) in [4.78, 5) is 23.0. The van der Waals surface area contributed by atoms with E-state index in [0.29, 0.717) is 18.5 Å². The first-order chi connectivity index (χ1) is 8.92. The topological polar surface area (TPSA) is 92.4 Å². The molecule has 1 rings (SSSR count). The molecule has 0 radical (unpaired) electrons. The first-order valence-corrected chi connectivity index (χ1v) is 6.23. The van der Waals surface area contributed by atoms with Crippen molar-refractivity contribution in [2.24, 2.45) is 11.1 Å². The minimum absolute atomic E-state index is 0.107. The normalized spacial score (nSPS) is 13.6. The SMILES string of the molecule is CCC(C)(CNC(=O)c1ccc(CN)cc1)C(=O)O. The van der Waals surface area contributed by atoms with Gasteiger partial charge in [0.05, 0.1) is 5.41 Å². The van der Waals surface area contributed by atoms with E-state index in [1.54, 1.807) is 38.1 Å². The van der Waals surface area contributed by atoms with E-state index in [1.807, 2.05) is 0 Å². The summed E-state index contributed by atoms with van der Waals surface area (Å²) in [7, 11) is 0. The average molecular weight is 264 g/mol. The van der Waals surface area contributed by atoms with Gasteiger partial charge in [-0.2, -0.15) is 0 Å². The zero-order chi connectivity index (χ0) is 14.5. The summed E-state index contributed by atoms with van der Waals surface area (Å²) < 4.78 is 0. The first-order valence-electron chi connectivity index (χ1n) is 6.23. The van der Waals surface area contributed by atoms with Crippen molar-refractivity contribution in [3.8, 4) is 0 Å². The molecule has 1 amide bonds. The van der Waals surface area contributed by atoms with Gasteiger partial charge in [0.15, 0.2) is 0 Å². The molecule has 1 atom stereocenters. The van der Waals surface area contributed by atoms with Crippen LogP contribution in [-0.4, -0.2) is 23.5 Å². The number of carboxylic acid groups (broad SMARTS) is 1. The smallest absolute Gasteiger partial charge is 0.311 e. The van der Waals surface area contributed by atoms with Gasteiger partial charge in [-0.3, -0.25) is 9.59 Å². The Morgan fingerprint density at radius 3 is 2.32 bits per heavy atom. The van der Waals surface area contributed by atoms with Crippen molar-refractivity contribution in [2.75, 3.05) is 6.54 Å².